The highest BCUT2D eigenvalue weighted by Crippen LogP contribution is 2.34. The van der Waals surface area contributed by atoms with Crippen LogP contribution in [0.5, 0.6) is 0 Å². The summed E-state index contributed by atoms with van der Waals surface area (Å²) in [6.45, 7) is 1.22. The van der Waals surface area contributed by atoms with E-state index in [1.807, 2.05) is 12.1 Å². The number of esters is 1. The Morgan fingerprint density at radius 3 is 2.75 bits per heavy atom. The monoisotopic (exact) mass is 401 g/mol. The van der Waals surface area contributed by atoms with Crippen molar-refractivity contribution in [3.05, 3.63) is 24.3 Å². The molecular formula is C20H23N3O4S. The van der Waals surface area contributed by atoms with Crippen LogP contribution in [0.25, 0.3) is 0 Å². The molecule has 1 aromatic rings. The Bertz CT molecular complexity index is 814. The van der Waals surface area contributed by atoms with Crippen molar-refractivity contribution in [2.45, 2.75) is 55.6 Å². The molecule has 0 radical (unpaired) electrons. The second-order valence-electron chi connectivity index (χ2n) is 7.11. The van der Waals surface area contributed by atoms with Crippen LogP contribution in [-0.2, 0) is 19.1 Å². The molecule has 3 rings (SSSR count). The van der Waals surface area contributed by atoms with Gasteiger partial charge in [0.1, 0.15) is 12.1 Å². The van der Waals surface area contributed by atoms with E-state index >= 15 is 0 Å². The van der Waals surface area contributed by atoms with Crippen LogP contribution < -0.4 is 10.2 Å². The first-order valence-corrected chi connectivity index (χ1v) is 10.4. The number of amides is 2. The van der Waals surface area contributed by atoms with Crippen LogP contribution in [-0.4, -0.2) is 41.7 Å². The van der Waals surface area contributed by atoms with Crippen molar-refractivity contribution in [2.24, 2.45) is 0 Å². The lowest BCUT2D eigenvalue weighted by Crippen LogP contribution is -2.52. The van der Waals surface area contributed by atoms with Crippen molar-refractivity contribution < 1.29 is 19.1 Å². The third-order valence-electron chi connectivity index (χ3n) is 5.06. The molecule has 8 heteroatoms. The topological polar surface area (TPSA) is 99.5 Å². The fourth-order valence-corrected chi connectivity index (χ4v) is 4.44. The first-order chi connectivity index (χ1) is 13.4. The van der Waals surface area contributed by atoms with E-state index in [1.54, 1.807) is 12.1 Å². The van der Waals surface area contributed by atoms with Crippen molar-refractivity contribution >= 4 is 35.2 Å². The van der Waals surface area contributed by atoms with E-state index in [4.69, 9.17) is 4.74 Å². The van der Waals surface area contributed by atoms with Gasteiger partial charge in [-0.25, -0.2) is 0 Å². The lowest BCUT2D eigenvalue weighted by atomic mass is 9.83. The molecule has 1 unspecified atom stereocenters. The Morgan fingerprint density at radius 1 is 1.32 bits per heavy atom. The molecule has 0 aromatic heterocycles. The minimum Gasteiger partial charge on any atom is -0.451 e. The number of benzene rings is 1. The summed E-state index contributed by atoms with van der Waals surface area (Å²) in [5, 5.41) is 12.2. The maximum atomic E-state index is 12.4. The summed E-state index contributed by atoms with van der Waals surface area (Å²) < 4.78 is 5.25. The van der Waals surface area contributed by atoms with Crippen LogP contribution in [0.3, 0.4) is 0 Å². The Kier molecular flexibility index (Phi) is 6.25. The van der Waals surface area contributed by atoms with Crippen molar-refractivity contribution in [1.82, 2.24) is 5.32 Å². The average molecular weight is 401 g/mol. The van der Waals surface area contributed by atoms with Gasteiger partial charge in [0, 0.05) is 4.90 Å². The predicted molar refractivity (Wildman–Crippen MR) is 105 cm³/mol. The van der Waals surface area contributed by atoms with Gasteiger partial charge in [-0.1, -0.05) is 31.4 Å². The quantitative estimate of drug-likeness (QED) is 0.761. The van der Waals surface area contributed by atoms with Gasteiger partial charge in [-0.2, -0.15) is 5.26 Å². The molecule has 1 N–H and O–H groups in total. The number of fused-ring (bicyclic) bond motifs is 1. The number of carbonyl (C=O) groups is 3. The number of hydrogen-bond donors (Lipinski definition) is 1. The summed E-state index contributed by atoms with van der Waals surface area (Å²) in [5.74, 6) is -1.07. The predicted octanol–water partition coefficient (Wildman–Crippen LogP) is 2.40. The average Bonchev–Trinajstić information content (AvgIpc) is 2.70. The number of rotatable bonds is 5. The maximum absolute atomic E-state index is 12.4. The second-order valence-corrected chi connectivity index (χ2v) is 8.13. The summed E-state index contributed by atoms with van der Waals surface area (Å²) >= 11 is 1.43. The molecule has 1 saturated carbocycles. The summed E-state index contributed by atoms with van der Waals surface area (Å²) in [5.41, 5.74) is -0.210. The number of nitriles is 1. The Morgan fingerprint density at radius 2 is 2.04 bits per heavy atom. The molecule has 148 valence electrons. The zero-order chi connectivity index (χ0) is 20.1. The first-order valence-electron chi connectivity index (χ1n) is 9.39. The van der Waals surface area contributed by atoms with Gasteiger partial charge in [-0.05, 0) is 31.9 Å². The van der Waals surface area contributed by atoms with Gasteiger partial charge >= 0.3 is 5.97 Å². The number of carbonyl (C=O) groups excluding carboxylic acids is 3. The van der Waals surface area contributed by atoms with Crippen LogP contribution >= 0.6 is 11.8 Å². The number of nitrogens with one attached hydrogen (secondary N) is 1. The zero-order valence-electron chi connectivity index (χ0n) is 15.8. The molecule has 0 bridgehead atoms. The first kappa shape index (κ1) is 20.2. The normalized spacial score (nSPS) is 19.1. The number of ether oxygens (including phenoxy) is 1. The second kappa shape index (κ2) is 8.65. The molecule has 1 aliphatic carbocycles. The Hall–Kier alpha value is -2.53. The number of thioether (sulfide) groups is 1. The largest absolute Gasteiger partial charge is 0.451 e. The van der Waals surface area contributed by atoms with Crippen molar-refractivity contribution in [2.75, 3.05) is 17.2 Å². The van der Waals surface area contributed by atoms with Crippen LogP contribution in [0.1, 0.15) is 39.0 Å². The fourth-order valence-electron chi connectivity index (χ4n) is 3.50. The SMILES string of the molecule is CC(OC(=O)CN1C(=O)CSc2ccccc21)C(=O)NC1(C#N)CCCCC1. The maximum Gasteiger partial charge on any atom is 0.326 e. The lowest BCUT2D eigenvalue weighted by molar-refractivity contribution is -0.154. The number of anilines is 1. The summed E-state index contributed by atoms with van der Waals surface area (Å²) in [6.07, 6.45) is 2.99. The van der Waals surface area contributed by atoms with Gasteiger partial charge in [-0.3, -0.25) is 19.3 Å². The van der Waals surface area contributed by atoms with Crippen molar-refractivity contribution in [1.29, 1.82) is 5.26 Å². The number of hydrogen-bond acceptors (Lipinski definition) is 6. The molecule has 0 saturated heterocycles. The van der Waals surface area contributed by atoms with E-state index in [1.165, 1.54) is 23.6 Å². The number of para-hydroxylation sites is 1. The summed E-state index contributed by atoms with van der Waals surface area (Å²) in [4.78, 5) is 39.3. The van der Waals surface area contributed by atoms with Crippen molar-refractivity contribution in [3.63, 3.8) is 0 Å². The highest BCUT2D eigenvalue weighted by Gasteiger charge is 2.36. The Balaban J connectivity index is 1.59. The van der Waals surface area contributed by atoms with Gasteiger partial charge in [0.2, 0.25) is 5.91 Å². The molecule has 1 aromatic carbocycles. The van der Waals surface area contributed by atoms with Gasteiger partial charge in [-0.15, -0.1) is 11.8 Å². The lowest BCUT2D eigenvalue weighted by Gasteiger charge is -2.32. The fraction of sp³-hybridized carbons (Fsp3) is 0.500. The van der Waals surface area contributed by atoms with Gasteiger partial charge in [0.05, 0.1) is 17.5 Å². The van der Waals surface area contributed by atoms with Gasteiger partial charge in [0.15, 0.2) is 6.10 Å². The van der Waals surface area contributed by atoms with Crippen LogP contribution in [0.4, 0.5) is 5.69 Å². The van der Waals surface area contributed by atoms with E-state index < -0.39 is 23.5 Å². The molecule has 28 heavy (non-hydrogen) atoms. The van der Waals surface area contributed by atoms with Crippen molar-refractivity contribution in [3.8, 4) is 6.07 Å². The van der Waals surface area contributed by atoms with E-state index in [-0.39, 0.29) is 18.2 Å². The molecular weight excluding hydrogens is 378 g/mol. The van der Waals surface area contributed by atoms with Crippen LogP contribution in [0, 0.1) is 11.3 Å². The number of nitrogens with zero attached hydrogens (tertiary/aromatic N) is 2. The third-order valence-corrected chi connectivity index (χ3v) is 6.10. The van der Waals surface area contributed by atoms with E-state index in [0.29, 0.717) is 18.5 Å². The zero-order valence-corrected chi connectivity index (χ0v) is 16.6. The van der Waals surface area contributed by atoms with E-state index in [9.17, 15) is 19.6 Å². The van der Waals surface area contributed by atoms with E-state index in [0.717, 1.165) is 24.2 Å². The molecule has 1 heterocycles. The molecule has 1 atom stereocenters. The minimum atomic E-state index is -1.04. The van der Waals surface area contributed by atoms with Gasteiger partial charge in [0.25, 0.3) is 5.91 Å². The van der Waals surface area contributed by atoms with Crippen LogP contribution in [0.2, 0.25) is 0 Å². The minimum absolute atomic E-state index is 0.177. The standard InChI is InChI=1S/C20H23N3O4S/c1-14(19(26)22-20(13-21)9-5-2-6-10-20)27-18(25)11-23-15-7-3-4-8-16(15)28-12-17(23)24/h3-4,7-8,14H,2,5-6,9-12H2,1H3,(H,22,26). The van der Waals surface area contributed by atoms with Gasteiger partial charge < -0.3 is 10.1 Å². The smallest absolute Gasteiger partial charge is 0.326 e. The highest BCUT2D eigenvalue weighted by molar-refractivity contribution is 8.00. The molecule has 1 fully saturated rings. The van der Waals surface area contributed by atoms with Crippen LogP contribution in [0.15, 0.2) is 29.2 Å². The summed E-state index contributed by atoms with van der Waals surface area (Å²) in [7, 11) is 0. The Labute approximate surface area is 168 Å². The van der Waals surface area contributed by atoms with E-state index in [2.05, 4.69) is 11.4 Å². The third kappa shape index (κ3) is 4.47. The summed E-state index contributed by atoms with van der Waals surface area (Å²) in [6, 6.07) is 9.57. The molecule has 2 amide bonds. The molecule has 0 spiro atoms. The molecule has 2 aliphatic rings. The highest BCUT2D eigenvalue weighted by atomic mass is 32.2. The molecule has 1 aliphatic heterocycles. The molecule has 7 nitrogen and oxygen atoms in total.